The molecule has 129 heavy (non-hydrogen) atoms. The van der Waals surface area contributed by atoms with Crippen LogP contribution in [0, 0.1) is 4.91 Å². The maximum Gasteiger partial charge on any atom is 0.335 e. The smallest absolute Gasteiger partial charge is 0.335 e. The lowest BCUT2D eigenvalue weighted by Crippen LogP contribution is -2.66. The van der Waals surface area contributed by atoms with Crippen LogP contribution in [0.2, 0.25) is 10.0 Å². The normalized spacial score (nSPS) is 25.6. The number of carbonyl (C=O) groups is 9. The van der Waals surface area contributed by atoms with Crippen LogP contribution in [-0.2, 0) is 59.0 Å². The Morgan fingerprint density at radius 1 is 0.566 bits per heavy atom. The fourth-order valence-corrected chi connectivity index (χ4v) is 16.4. The minimum atomic E-state index is -2.47. The van der Waals surface area contributed by atoms with Crippen molar-refractivity contribution in [3.63, 3.8) is 0 Å². The number of aliphatic hydroxyl groups is 7. The number of amides is 8. The van der Waals surface area contributed by atoms with Crippen molar-refractivity contribution in [2.45, 2.75) is 194 Å². The first-order valence-electron chi connectivity index (χ1n) is 41.6. The number of aliphatic hydroxyl groups excluding tert-OH is 7. The van der Waals surface area contributed by atoms with Crippen LogP contribution >= 0.6 is 23.2 Å². The quantitative estimate of drug-likeness (QED) is 0.0227. The van der Waals surface area contributed by atoms with Gasteiger partial charge in [0, 0.05) is 61.8 Å². The minimum absolute atomic E-state index is 0.00568. The summed E-state index contributed by atoms with van der Waals surface area (Å²) in [6.45, 7) is 0.782. The lowest BCUT2D eigenvalue weighted by atomic mass is 9.89. The summed E-state index contributed by atoms with van der Waals surface area (Å²) in [7, 11) is 2.76. The van der Waals surface area contributed by atoms with Gasteiger partial charge in [0.1, 0.15) is 131 Å². The number of carboxylic acid groups (broad SMARTS) is 1. The van der Waals surface area contributed by atoms with E-state index in [2.05, 4.69) is 60.1 Å². The summed E-state index contributed by atoms with van der Waals surface area (Å²) in [5.41, 5.74) is -2.95. The van der Waals surface area contributed by atoms with Gasteiger partial charge in [-0.05, 0) is 126 Å². The highest BCUT2D eigenvalue weighted by Gasteiger charge is 2.52. The fourth-order valence-electron chi connectivity index (χ4n) is 15.9. The average molecular weight is 1830 g/mol. The number of carboxylic acids is 1. The number of aromatic hydroxyl groups is 4. The van der Waals surface area contributed by atoms with Gasteiger partial charge in [0.05, 0.1) is 21.9 Å². The zero-order chi connectivity index (χ0) is 92.5. The number of hydrogen-bond acceptors (Lipinski definition) is 30. The van der Waals surface area contributed by atoms with Gasteiger partial charge in [-0.25, -0.2) is 4.79 Å². The Hall–Kier alpha value is -12.4. The third kappa shape index (κ3) is 21.3. The molecule has 8 aliphatic heterocycles. The van der Waals surface area contributed by atoms with Crippen LogP contribution in [0.1, 0.15) is 153 Å². The van der Waals surface area contributed by atoms with E-state index in [1.165, 1.54) is 56.6 Å². The molecule has 8 aliphatic rings. The number of nitrogens with zero attached hydrogens (tertiary/aromatic N) is 2. The zero-order valence-corrected chi connectivity index (χ0v) is 70.9. The first-order valence-corrected chi connectivity index (χ1v) is 42.3. The third-order valence-corrected chi connectivity index (χ3v) is 23.5. The molecule has 42 heteroatoms. The molecule has 688 valence electrons. The number of nitroso groups, excluding NO2 is 1. The van der Waals surface area contributed by atoms with E-state index in [-0.39, 0.29) is 59.9 Å². The lowest BCUT2D eigenvalue weighted by molar-refractivity contribution is -0.277. The molecule has 7 aromatic rings. The Kier molecular flexibility index (Phi) is 30.2. The number of ether oxygens (including phenoxy) is 7. The van der Waals surface area contributed by atoms with E-state index >= 15 is 28.8 Å². The second-order valence-electron chi connectivity index (χ2n) is 31.9. The molecule has 2 fully saturated rings. The van der Waals surface area contributed by atoms with Crippen molar-refractivity contribution in [3.05, 3.63) is 169 Å². The third-order valence-electron chi connectivity index (χ3n) is 22.8. The second-order valence-corrected chi connectivity index (χ2v) is 32.7. The molecule has 8 heterocycles. The molecule has 7 aromatic carbocycles. The Morgan fingerprint density at radius 2 is 1.21 bits per heavy atom. The lowest BCUT2D eigenvalue weighted by Gasteiger charge is -2.41. The predicted molar refractivity (Wildman–Crippen MR) is 452 cm³/mol. The van der Waals surface area contributed by atoms with Crippen LogP contribution in [0.25, 0.3) is 11.1 Å². The first kappa shape index (κ1) is 94.2. The van der Waals surface area contributed by atoms with Crippen LogP contribution in [0.15, 0.2) is 121 Å². The Labute approximate surface area is 745 Å². The predicted octanol–water partition coefficient (Wildman–Crippen LogP) is 4.36. The van der Waals surface area contributed by atoms with Gasteiger partial charge in [0.2, 0.25) is 65.6 Å². The molecule has 15 rings (SSSR count). The number of rotatable bonds is 24. The van der Waals surface area contributed by atoms with E-state index in [4.69, 9.17) is 56.4 Å². The van der Waals surface area contributed by atoms with Crippen LogP contribution < -0.4 is 71.5 Å². The number of fused-ring (bicyclic) bond motifs is 14. The second kappa shape index (κ2) is 41.3. The summed E-state index contributed by atoms with van der Waals surface area (Å²) in [5.74, 6) is -18.5. The first-order chi connectivity index (χ1) is 61.7. The number of phenols is 4. The number of hydrogen-bond donors (Lipinski definition) is 21. The number of carbonyl (C=O) groups excluding carboxylic acids is 8. The Bertz CT molecular complexity index is 5390. The van der Waals surface area contributed by atoms with Crippen LogP contribution in [-0.4, -0.2) is 227 Å². The summed E-state index contributed by atoms with van der Waals surface area (Å²) in [6, 6.07) is 5.09. The fraction of sp³-hybridized carbons (Fsp3) is 0.414. The van der Waals surface area contributed by atoms with Gasteiger partial charge in [0.15, 0.2) is 29.1 Å². The minimum Gasteiger partial charge on any atom is -0.508 e. The summed E-state index contributed by atoms with van der Waals surface area (Å²) in [5, 5.41) is 165. The van der Waals surface area contributed by atoms with Crippen molar-refractivity contribution in [2.75, 3.05) is 33.8 Å². The maximum absolute atomic E-state index is 16.8. The molecule has 17 bridgehead atoms. The van der Waals surface area contributed by atoms with Crippen molar-refractivity contribution >= 4 is 76.4 Å². The van der Waals surface area contributed by atoms with E-state index in [0.29, 0.717) is 12.8 Å². The van der Waals surface area contributed by atoms with Gasteiger partial charge >= 0.3 is 5.97 Å². The van der Waals surface area contributed by atoms with E-state index in [0.717, 1.165) is 123 Å². The molecular weight excluding hydrogens is 1730 g/mol. The SMILES string of the molecule is CCCCCCCCCCCC(=O)N[C@H]1[C@H](Oc2c3cc4cc2Oc2ccc(cc2Cl)[C@@H](O)[C@@H]2NC(=O)[C@@H](NC(=O)[C@@H]4NC(=O)[C@@H]4NC(=O)[C@@H](Cc5ccc(cc5)O3)NC(=O)[C@H](NC)c3ccc(O)c(c3)Oc3cc(O)c(Cl)c4c3)c3ccc(O)c(c3)-c3c(O[C@@H]4O[C@H](CO)[C@H](O)[C@H](O)[C@@H]4O)cc(O)cc3[C@@H](C(=O)NCCCN(C)N=O)NC2=O)O[C@@H](C(=O)O)[C@@H](O)[C@@H]1O. The molecule has 2 saturated heterocycles. The van der Waals surface area contributed by atoms with Crippen LogP contribution in [0.4, 0.5) is 0 Å². The van der Waals surface area contributed by atoms with Crippen molar-refractivity contribution in [3.8, 4) is 80.1 Å². The summed E-state index contributed by atoms with van der Waals surface area (Å²) in [6.07, 6.45) is -14.1. The van der Waals surface area contributed by atoms with Gasteiger partial charge in [-0.2, -0.15) is 0 Å². The highest BCUT2D eigenvalue weighted by molar-refractivity contribution is 6.33. The molecule has 0 radical (unpaired) electrons. The molecular formula is C87H97Cl2N11O29. The monoisotopic (exact) mass is 1830 g/mol. The number of halogens is 2. The maximum atomic E-state index is 16.8. The van der Waals surface area contributed by atoms with Crippen molar-refractivity contribution < 1.29 is 138 Å². The number of unbranched alkanes of at least 4 members (excludes halogenated alkanes) is 8. The Balaban J connectivity index is 1.04. The highest BCUT2D eigenvalue weighted by Crippen LogP contribution is 2.51. The summed E-state index contributed by atoms with van der Waals surface area (Å²) in [4.78, 5) is 150. The molecule has 0 aliphatic carbocycles. The van der Waals surface area contributed by atoms with Crippen molar-refractivity contribution in [1.29, 1.82) is 0 Å². The number of nitrogens with one attached hydrogen (secondary N) is 9. The molecule has 40 nitrogen and oxygen atoms in total. The van der Waals surface area contributed by atoms with Gasteiger partial charge in [-0.3, -0.25) is 43.4 Å². The average Bonchev–Trinajstić information content (AvgIpc) is 0.760. The van der Waals surface area contributed by atoms with Crippen LogP contribution in [0.5, 0.6) is 69.0 Å². The molecule has 18 atom stereocenters. The molecule has 0 aromatic heterocycles. The van der Waals surface area contributed by atoms with Crippen molar-refractivity contribution in [1.82, 2.24) is 52.9 Å². The molecule has 8 amide bonds. The molecule has 0 unspecified atom stereocenters. The number of phenolic OH excluding ortho intramolecular Hbond substituents is 4. The summed E-state index contributed by atoms with van der Waals surface area (Å²) >= 11 is 14.3. The van der Waals surface area contributed by atoms with Gasteiger partial charge < -0.3 is 142 Å². The van der Waals surface area contributed by atoms with Gasteiger partial charge in [0.25, 0.3) is 0 Å². The van der Waals surface area contributed by atoms with Gasteiger partial charge in [-0.15, -0.1) is 4.91 Å². The zero-order valence-electron chi connectivity index (χ0n) is 69.4. The van der Waals surface area contributed by atoms with E-state index in [1.807, 2.05) is 0 Å². The van der Waals surface area contributed by atoms with E-state index in [1.54, 1.807) is 0 Å². The standard InChI is InChI=1S/C87H97Cl2N11O29/c1-4-5-6-7-8-9-10-11-12-14-60(106)93-69-72(109)74(111)77(85(120)121)129-86(69)128-76-57-31-42-32-58(76)125-54-24-19-41(29-49(54)88)70(107)68-84(119)97-66(79(114)91-25-13-26-100(3)99-122)47-33-43(102)34-56(126-87-75(112)73(110)71(108)59(37-101)127-87)61(47)46-28-39(17-22-51(46)103)64(81(116)98-68)94-82(117)65(42)95-83(118)67-48-35-45(36-53(105)62(48)89)124-55-30-40(18-23-52(55)104)63(90-2)80(115)92-50(78(113)96-67)27-38-15-20-44(123-57)21-16-38/h15-24,28-36,50,59,63-75,77,86-87,90,101-105,107-112H,4-14,25-27,37H2,1-3H3,(H,91,114)(H,92,115)(H,93,106)(H,94,117)(H,95,118)(H,96,113)(H,97,119)(H,98,116)(H,120,121)/t50-,59-,63-,64+,65-,66+,67-,68+,69-,70-,71+,72-,73+,74+,75+,77-,86-,87-/m1/s1. The largest absolute Gasteiger partial charge is 0.508 e. The van der Waals surface area contributed by atoms with Crippen molar-refractivity contribution in [2.24, 2.45) is 5.29 Å². The molecule has 0 saturated carbocycles. The van der Waals surface area contributed by atoms with E-state index < -0.39 is 271 Å². The topological polar surface area (TPSA) is 602 Å². The summed E-state index contributed by atoms with van der Waals surface area (Å²) < 4.78 is 44.4. The van der Waals surface area contributed by atoms with Crippen LogP contribution in [0.3, 0.4) is 0 Å². The number of likely N-dealkylation sites (N-methyl/N-ethyl adjacent to an activating group) is 1. The van der Waals surface area contributed by atoms with Gasteiger partial charge in [-0.1, -0.05) is 112 Å². The number of aliphatic carboxylic acids is 1. The molecule has 21 N–H and O–H groups in total. The number of benzene rings is 7. The molecule has 0 spiro atoms. The highest BCUT2D eigenvalue weighted by atomic mass is 35.5. The Morgan fingerprint density at radius 3 is 1.90 bits per heavy atom. The van der Waals surface area contributed by atoms with E-state index in [9.17, 15) is 80.6 Å².